The number of nitrogens with zero attached hydrogens (tertiary/aromatic N) is 1. The van der Waals surface area contributed by atoms with E-state index in [1.165, 1.54) is 16.1 Å². The molecule has 18 heavy (non-hydrogen) atoms. The van der Waals surface area contributed by atoms with Gasteiger partial charge in [0.2, 0.25) is 0 Å². The third kappa shape index (κ3) is 2.99. The van der Waals surface area contributed by atoms with E-state index in [-0.39, 0.29) is 6.42 Å². The molecule has 0 saturated carbocycles. The van der Waals surface area contributed by atoms with E-state index < -0.39 is 5.97 Å². The largest absolute Gasteiger partial charge is 0.481 e. The fourth-order valence-electron chi connectivity index (χ4n) is 2.24. The van der Waals surface area contributed by atoms with Crippen molar-refractivity contribution in [1.29, 1.82) is 0 Å². The number of thioether (sulfide) groups is 1. The molecule has 0 fully saturated rings. The van der Waals surface area contributed by atoms with Gasteiger partial charge in [-0.15, -0.1) is 11.8 Å². The fraction of sp³-hybridized carbons (Fsp3) is 0.500. The molecular formula is C14H19NO2S. The first-order valence-corrected chi connectivity index (χ1v) is 7.24. The molecule has 1 aliphatic rings. The van der Waals surface area contributed by atoms with Gasteiger partial charge in [0, 0.05) is 23.2 Å². The van der Waals surface area contributed by atoms with Gasteiger partial charge in [0.15, 0.2) is 0 Å². The Morgan fingerprint density at radius 3 is 3.00 bits per heavy atom. The van der Waals surface area contributed by atoms with Crippen molar-refractivity contribution in [3.05, 3.63) is 23.8 Å². The van der Waals surface area contributed by atoms with Crippen LogP contribution in [0.2, 0.25) is 0 Å². The third-order valence-corrected chi connectivity index (χ3v) is 4.31. The van der Waals surface area contributed by atoms with Crippen molar-refractivity contribution in [2.75, 3.05) is 18.0 Å². The van der Waals surface area contributed by atoms with E-state index in [0.29, 0.717) is 11.8 Å². The van der Waals surface area contributed by atoms with Gasteiger partial charge in [-0.1, -0.05) is 19.9 Å². The summed E-state index contributed by atoms with van der Waals surface area (Å²) in [6.45, 7) is 5.87. The predicted molar refractivity (Wildman–Crippen MR) is 75.6 cm³/mol. The Morgan fingerprint density at radius 2 is 2.33 bits per heavy atom. The van der Waals surface area contributed by atoms with Crippen LogP contribution >= 0.6 is 11.8 Å². The molecule has 98 valence electrons. The van der Waals surface area contributed by atoms with Crippen LogP contribution in [0.15, 0.2) is 23.1 Å². The summed E-state index contributed by atoms with van der Waals surface area (Å²) in [6.07, 6.45) is 1.24. The summed E-state index contributed by atoms with van der Waals surface area (Å²) >= 11 is 1.89. The van der Waals surface area contributed by atoms with Crippen molar-refractivity contribution in [1.82, 2.24) is 0 Å². The molecule has 0 aliphatic carbocycles. The minimum absolute atomic E-state index is 0.201. The van der Waals surface area contributed by atoms with E-state index >= 15 is 0 Å². The number of carbonyl (C=O) groups is 1. The maximum absolute atomic E-state index is 10.7. The molecule has 1 heterocycles. The number of aryl methyl sites for hydroxylation is 1. The number of carboxylic acids is 1. The molecule has 0 saturated heterocycles. The van der Waals surface area contributed by atoms with Crippen LogP contribution in [0, 0.1) is 0 Å². The van der Waals surface area contributed by atoms with Crippen molar-refractivity contribution in [3.63, 3.8) is 0 Å². The second kappa shape index (κ2) is 5.65. The van der Waals surface area contributed by atoms with E-state index in [1.54, 1.807) is 0 Å². The lowest BCUT2D eigenvalue weighted by atomic mass is 10.1. The van der Waals surface area contributed by atoms with Gasteiger partial charge in [0.25, 0.3) is 0 Å². The molecule has 4 heteroatoms. The van der Waals surface area contributed by atoms with Crippen molar-refractivity contribution in [3.8, 4) is 0 Å². The molecule has 1 N–H and O–H groups in total. The highest BCUT2D eigenvalue weighted by molar-refractivity contribution is 8.00. The molecule has 0 aromatic heterocycles. The first kappa shape index (κ1) is 13.3. The molecule has 3 nitrogen and oxygen atoms in total. The monoisotopic (exact) mass is 265 g/mol. The number of fused-ring (bicyclic) bond motifs is 1. The summed E-state index contributed by atoms with van der Waals surface area (Å²) in [6, 6.07) is 6.52. The summed E-state index contributed by atoms with van der Waals surface area (Å²) in [5.74, 6) is -0.729. The van der Waals surface area contributed by atoms with Gasteiger partial charge < -0.3 is 10.0 Å². The standard InChI is InChI=1S/C14H19NO2S/c1-3-11-4-5-12-13(8-11)18-10(2)9-15(12)7-6-14(16)17/h4-5,8,10H,3,6-7,9H2,1-2H3,(H,16,17). The van der Waals surface area contributed by atoms with Crippen molar-refractivity contribution in [2.24, 2.45) is 0 Å². The summed E-state index contributed by atoms with van der Waals surface area (Å²) in [5.41, 5.74) is 2.53. The molecule has 1 atom stereocenters. The zero-order chi connectivity index (χ0) is 13.1. The molecule has 2 rings (SSSR count). The first-order valence-electron chi connectivity index (χ1n) is 6.36. The molecule has 0 amide bonds. The van der Waals surface area contributed by atoms with E-state index in [2.05, 4.69) is 36.9 Å². The highest BCUT2D eigenvalue weighted by Gasteiger charge is 2.22. The molecular weight excluding hydrogens is 246 g/mol. The summed E-state index contributed by atoms with van der Waals surface area (Å²) in [7, 11) is 0. The number of anilines is 1. The Labute approximate surface area is 112 Å². The molecule has 1 aliphatic heterocycles. The lowest BCUT2D eigenvalue weighted by Gasteiger charge is -2.34. The molecule has 0 radical (unpaired) electrons. The maximum Gasteiger partial charge on any atom is 0.305 e. The Hall–Kier alpha value is -1.16. The van der Waals surface area contributed by atoms with Gasteiger partial charge in [-0.2, -0.15) is 0 Å². The van der Waals surface area contributed by atoms with Gasteiger partial charge in [0.1, 0.15) is 0 Å². The van der Waals surface area contributed by atoms with Gasteiger partial charge >= 0.3 is 5.97 Å². The summed E-state index contributed by atoms with van der Waals surface area (Å²) in [4.78, 5) is 14.2. The Morgan fingerprint density at radius 1 is 1.56 bits per heavy atom. The number of carboxylic acid groups (broad SMARTS) is 1. The van der Waals surface area contributed by atoms with Crippen LogP contribution in [-0.2, 0) is 11.2 Å². The molecule has 1 aromatic rings. The van der Waals surface area contributed by atoms with Crippen LogP contribution in [0.3, 0.4) is 0 Å². The van der Waals surface area contributed by atoms with Gasteiger partial charge in [-0.25, -0.2) is 0 Å². The summed E-state index contributed by atoms with van der Waals surface area (Å²) < 4.78 is 0. The molecule has 0 bridgehead atoms. The highest BCUT2D eigenvalue weighted by Crippen LogP contribution is 2.39. The van der Waals surface area contributed by atoms with E-state index in [4.69, 9.17) is 5.11 Å². The fourth-order valence-corrected chi connectivity index (χ4v) is 3.46. The van der Waals surface area contributed by atoms with E-state index in [1.807, 2.05) is 11.8 Å². The number of rotatable bonds is 4. The number of aliphatic carboxylic acids is 1. The second-order valence-corrected chi connectivity index (χ2v) is 6.15. The molecule has 1 unspecified atom stereocenters. The predicted octanol–water partition coefficient (Wildman–Crippen LogP) is 3.02. The second-order valence-electron chi connectivity index (χ2n) is 4.67. The van der Waals surface area contributed by atoms with E-state index in [9.17, 15) is 4.79 Å². The minimum Gasteiger partial charge on any atom is -0.481 e. The average molecular weight is 265 g/mol. The Balaban J connectivity index is 2.22. The number of hydrogen-bond donors (Lipinski definition) is 1. The lowest BCUT2D eigenvalue weighted by Crippen LogP contribution is -2.35. The van der Waals surface area contributed by atoms with Crippen LogP contribution in [0.4, 0.5) is 5.69 Å². The lowest BCUT2D eigenvalue weighted by molar-refractivity contribution is -0.136. The average Bonchev–Trinajstić information content (AvgIpc) is 2.34. The van der Waals surface area contributed by atoms with Crippen LogP contribution < -0.4 is 4.90 Å². The van der Waals surface area contributed by atoms with Crippen molar-refractivity contribution < 1.29 is 9.90 Å². The summed E-state index contributed by atoms with van der Waals surface area (Å²) in [5, 5.41) is 9.32. The van der Waals surface area contributed by atoms with Crippen LogP contribution in [0.25, 0.3) is 0 Å². The van der Waals surface area contributed by atoms with Crippen LogP contribution in [-0.4, -0.2) is 29.4 Å². The smallest absolute Gasteiger partial charge is 0.305 e. The van der Waals surface area contributed by atoms with Gasteiger partial charge in [-0.3, -0.25) is 4.79 Å². The van der Waals surface area contributed by atoms with Gasteiger partial charge in [0.05, 0.1) is 12.1 Å². The van der Waals surface area contributed by atoms with Crippen molar-refractivity contribution in [2.45, 2.75) is 36.8 Å². The Kier molecular flexibility index (Phi) is 4.17. The number of hydrogen-bond acceptors (Lipinski definition) is 3. The van der Waals surface area contributed by atoms with Gasteiger partial charge in [-0.05, 0) is 24.1 Å². The molecule has 1 aromatic carbocycles. The SMILES string of the molecule is CCc1ccc2c(c1)SC(C)CN2CCC(=O)O. The quantitative estimate of drug-likeness (QED) is 0.908. The Bertz CT molecular complexity index is 447. The highest BCUT2D eigenvalue weighted by atomic mass is 32.2. The normalized spacial score (nSPS) is 18.6. The molecule has 0 spiro atoms. The zero-order valence-corrected chi connectivity index (χ0v) is 11.7. The minimum atomic E-state index is -0.729. The maximum atomic E-state index is 10.7. The topological polar surface area (TPSA) is 40.5 Å². The van der Waals surface area contributed by atoms with E-state index in [0.717, 1.165) is 13.0 Å². The van der Waals surface area contributed by atoms with Crippen LogP contribution in [0.1, 0.15) is 25.8 Å². The number of benzene rings is 1. The first-order chi connectivity index (χ1) is 8.60. The van der Waals surface area contributed by atoms with Crippen molar-refractivity contribution >= 4 is 23.4 Å². The van der Waals surface area contributed by atoms with Crippen LogP contribution in [0.5, 0.6) is 0 Å². The third-order valence-electron chi connectivity index (χ3n) is 3.17. The zero-order valence-electron chi connectivity index (χ0n) is 10.8.